The summed E-state index contributed by atoms with van der Waals surface area (Å²) in [6, 6.07) is 19.7. The van der Waals surface area contributed by atoms with Gasteiger partial charge in [-0.05, 0) is 43.2 Å². The third-order valence-electron chi connectivity index (χ3n) is 7.16. The van der Waals surface area contributed by atoms with E-state index < -0.39 is 22.8 Å². The van der Waals surface area contributed by atoms with Gasteiger partial charge in [0.05, 0.1) is 23.2 Å². The van der Waals surface area contributed by atoms with Crippen LogP contribution in [0.25, 0.3) is 11.0 Å². The number of benzene rings is 3. The number of carbonyl (C=O) groups excluding carboxylic acids is 2. The topological polar surface area (TPSA) is 91.1 Å². The molecule has 7 nitrogen and oxygen atoms in total. The number of carbonyl (C=O) groups is 2. The highest BCUT2D eigenvalue weighted by atomic mass is 35.5. The van der Waals surface area contributed by atoms with Gasteiger partial charge in [-0.25, -0.2) is 0 Å². The quantitative estimate of drug-likeness (QED) is 0.427. The smallest absolute Gasteiger partial charge is 0.291 e. The lowest BCUT2D eigenvalue weighted by molar-refractivity contribution is -0.126. The molecule has 37 heavy (non-hydrogen) atoms. The fourth-order valence-corrected chi connectivity index (χ4v) is 5.81. The minimum atomic E-state index is -1.71. The molecule has 1 spiro atoms. The molecule has 2 aliphatic rings. The Morgan fingerprint density at radius 3 is 2.59 bits per heavy atom. The Morgan fingerprint density at radius 1 is 1.00 bits per heavy atom. The number of aliphatic hydroxyl groups is 1. The van der Waals surface area contributed by atoms with E-state index in [1.165, 1.54) is 11.0 Å². The van der Waals surface area contributed by atoms with Gasteiger partial charge in [0.25, 0.3) is 11.8 Å². The molecule has 3 heterocycles. The summed E-state index contributed by atoms with van der Waals surface area (Å²) < 4.78 is 6.00. The van der Waals surface area contributed by atoms with Crippen LogP contribution in [-0.4, -0.2) is 35.0 Å². The SMILES string of the molecule is Cc1cccc(CN2C(=O)C3(c4ccccc42)c2c(oc4ccc(Cl)cc4c2=O)C(=O)N3CCCO)c1. The van der Waals surface area contributed by atoms with Crippen LogP contribution in [0.2, 0.25) is 5.02 Å². The van der Waals surface area contributed by atoms with E-state index in [2.05, 4.69) is 0 Å². The van der Waals surface area contributed by atoms with Gasteiger partial charge in [0.1, 0.15) is 5.58 Å². The van der Waals surface area contributed by atoms with Gasteiger partial charge < -0.3 is 19.3 Å². The van der Waals surface area contributed by atoms with Gasteiger partial charge in [-0.15, -0.1) is 0 Å². The molecule has 2 amide bonds. The number of aryl methyl sites for hydroxylation is 1. The largest absolute Gasteiger partial charge is 0.450 e. The first-order valence-electron chi connectivity index (χ1n) is 12.0. The Kier molecular flexibility index (Phi) is 5.44. The van der Waals surface area contributed by atoms with Crippen LogP contribution in [0.3, 0.4) is 0 Å². The normalized spacial score (nSPS) is 18.2. The van der Waals surface area contributed by atoms with E-state index in [1.54, 1.807) is 29.2 Å². The fraction of sp³-hybridized carbons (Fsp3) is 0.207. The summed E-state index contributed by atoms with van der Waals surface area (Å²) in [7, 11) is 0. The summed E-state index contributed by atoms with van der Waals surface area (Å²) in [6.45, 7) is 2.13. The molecular formula is C29H23ClN2O5. The van der Waals surface area contributed by atoms with Crippen LogP contribution in [-0.2, 0) is 16.9 Å². The second kappa shape index (κ2) is 8.57. The Morgan fingerprint density at radius 2 is 1.81 bits per heavy atom. The molecule has 186 valence electrons. The average Bonchev–Trinajstić information content (AvgIpc) is 3.28. The molecule has 1 unspecified atom stereocenters. The van der Waals surface area contributed by atoms with E-state index in [0.717, 1.165) is 11.1 Å². The molecule has 2 aliphatic heterocycles. The third-order valence-corrected chi connectivity index (χ3v) is 7.40. The number of nitrogens with zero attached hydrogens (tertiary/aromatic N) is 2. The van der Waals surface area contributed by atoms with Crippen molar-refractivity contribution in [3.05, 3.63) is 110 Å². The molecule has 3 aromatic carbocycles. The van der Waals surface area contributed by atoms with E-state index >= 15 is 0 Å². The lowest BCUT2D eigenvalue weighted by atomic mass is 9.84. The second-order valence-corrected chi connectivity index (χ2v) is 9.85. The molecule has 0 saturated heterocycles. The maximum Gasteiger partial charge on any atom is 0.291 e. The lowest BCUT2D eigenvalue weighted by Gasteiger charge is -2.34. The summed E-state index contributed by atoms with van der Waals surface area (Å²) in [5, 5.41) is 10.1. The van der Waals surface area contributed by atoms with Crippen LogP contribution in [0.5, 0.6) is 0 Å². The highest BCUT2D eigenvalue weighted by molar-refractivity contribution is 6.31. The van der Waals surface area contributed by atoms with Crippen molar-refractivity contribution < 1.29 is 19.1 Å². The number of hydrogen-bond donors (Lipinski definition) is 1. The number of anilines is 1. The van der Waals surface area contributed by atoms with E-state index in [-0.39, 0.29) is 48.4 Å². The molecule has 1 aromatic heterocycles. The van der Waals surface area contributed by atoms with Gasteiger partial charge in [0, 0.05) is 23.7 Å². The Bertz CT molecular complexity index is 1660. The summed E-state index contributed by atoms with van der Waals surface area (Å²) in [4.78, 5) is 45.4. The molecule has 0 aliphatic carbocycles. The first kappa shape index (κ1) is 23.5. The molecule has 0 fully saturated rings. The van der Waals surface area contributed by atoms with Crippen molar-refractivity contribution in [2.24, 2.45) is 0 Å². The zero-order valence-corrected chi connectivity index (χ0v) is 20.8. The fourth-order valence-electron chi connectivity index (χ4n) is 5.64. The first-order valence-corrected chi connectivity index (χ1v) is 12.4. The number of para-hydroxylation sites is 1. The molecular weight excluding hydrogens is 492 g/mol. The van der Waals surface area contributed by atoms with Crippen molar-refractivity contribution in [1.82, 2.24) is 4.90 Å². The highest BCUT2D eigenvalue weighted by Gasteiger charge is 2.64. The van der Waals surface area contributed by atoms with Crippen molar-refractivity contribution in [2.45, 2.75) is 25.4 Å². The summed E-state index contributed by atoms with van der Waals surface area (Å²) in [5.41, 5.74) is 1.16. The first-order chi connectivity index (χ1) is 17.9. The maximum absolute atomic E-state index is 14.6. The van der Waals surface area contributed by atoms with Gasteiger partial charge in [-0.3, -0.25) is 14.4 Å². The number of hydrogen-bond acceptors (Lipinski definition) is 5. The summed E-state index contributed by atoms with van der Waals surface area (Å²) in [5.74, 6) is -1.12. The average molecular weight is 515 g/mol. The van der Waals surface area contributed by atoms with Crippen LogP contribution in [0, 0.1) is 6.92 Å². The standard InChI is InChI=1S/C29H23ClN2O5/c1-17-6-4-7-18(14-17)16-31-22-9-3-2-8-21(22)29(28(31)36)24-25(34)20-15-19(30)10-11-23(20)37-26(24)27(35)32(29)12-5-13-33/h2-4,6-11,14-15,33H,5,12-13,16H2,1H3. The van der Waals surface area contributed by atoms with E-state index in [1.807, 2.05) is 43.3 Å². The molecule has 0 saturated carbocycles. The zero-order valence-electron chi connectivity index (χ0n) is 20.0. The Labute approximate surface area is 217 Å². The van der Waals surface area contributed by atoms with Crippen molar-refractivity contribution in [1.29, 1.82) is 0 Å². The van der Waals surface area contributed by atoms with E-state index in [9.17, 15) is 19.5 Å². The van der Waals surface area contributed by atoms with Gasteiger partial charge in [0.2, 0.25) is 5.76 Å². The van der Waals surface area contributed by atoms with Gasteiger partial charge in [0.15, 0.2) is 11.0 Å². The monoisotopic (exact) mass is 514 g/mol. The van der Waals surface area contributed by atoms with Gasteiger partial charge >= 0.3 is 0 Å². The van der Waals surface area contributed by atoms with Gasteiger partial charge in [-0.2, -0.15) is 0 Å². The van der Waals surface area contributed by atoms with Crippen LogP contribution in [0.1, 0.15) is 39.2 Å². The summed E-state index contributed by atoms with van der Waals surface area (Å²) >= 11 is 6.19. The number of aliphatic hydroxyl groups excluding tert-OH is 1. The van der Waals surface area contributed by atoms with Gasteiger partial charge in [-0.1, -0.05) is 59.6 Å². The predicted octanol–water partition coefficient (Wildman–Crippen LogP) is 4.38. The van der Waals surface area contributed by atoms with Crippen LogP contribution in [0.4, 0.5) is 5.69 Å². The predicted molar refractivity (Wildman–Crippen MR) is 140 cm³/mol. The van der Waals surface area contributed by atoms with Crippen LogP contribution in [0.15, 0.2) is 75.9 Å². The molecule has 8 heteroatoms. The maximum atomic E-state index is 14.6. The van der Waals surface area contributed by atoms with Crippen molar-refractivity contribution in [3.8, 4) is 0 Å². The minimum Gasteiger partial charge on any atom is -0.450 e. The van der Waals surface area contributed by atoms with Crippen LogP contribution >= 0.6 is 11.6 Å². The molecule has 0 bridgehead atoms. The Balaban J connectivity index is 1.65. The summed E-state index contributed by atoms with van der Waals surface area (Å²) in [6.07, 6.45) is 0.230. The van der Waals surface area contributed by atoms with Crippen LogP contribution < -0.4 is 10.3 Å². The lowest BCUT2D eigenvalue weighted by Crippen LogP contribution is -2.53. The van der Waals surface area contributed by atoms with E-state index in [4.69, 9.17) is 16.0 Å². The highest BCUT2D eigenvalue weighted by Crippen LogP contribution is 2.52. The van der Waals surface area contributed by atoms with Crippen molar-refractivity contribution in [2.75, 3.05) is 18.1 Å². The zero-order chi connectivity index (χ0) is 25.9. The number of amides is 2. The minimum absolute atomic E-state index is 0.00519. The Hall–Kier alpha value is -3.94. The molecule has 1 N–H and O–H groups in total. The number of halogens is 1. The molecule has 0 radical (unpaired) electrons. The molecule has 1 atom stereocenters. The second-order valence-electron chi connectivity index (χ2n) is 9.42. The van der Waals surface area contributed by atoms with Crippen molar-refractivity contribution >= 4 is 40.1 Å². The van der Waals surface area contributed by atoms with E-state index in [0.29, 0.717) is 16.3 Å². The third kappa shape index (κ3) is 3.27. The number of fused-ring (bicyclic) bond motifs is 5. The number of rotatable bonds is 5. The van der Waals surface area contributed by atoms with Crippen molar-refractivity contribution in [3.63, 3.8) is 0 Å². The molecule has 4 aromatic rings. The molecule has 6 rings (SSSR count).